The van der Waals surface area contributed by atoms with Crippen LogP contribution in [0.4, 0.5) is 5.13 Å². The zero-order chi connectivity index (χ0) is 33.2. The molecule has 246 valence electrons. The molecular formula is C25H30N9O10S2+. The minimum Gasteiger partial charge on any atom is -0.487 e. The quantitative estimate of drug-likeness (QED) is 0.0428. The standard InChI is InChI=1S/C25H29N9O10S2/c1-25(2)20(22(36)34(25)44-46(39,40)41)30-21(35)19(16-12-45-24(26)29-16)31-43-17(23(37)38)11-42-15-3-4-18(28-9-15)33-6-5-32(13-33)10-14-7-27-8-14/h3-6,9,12-14,17,20,27H,7-8,10-11H2,1-2H3,(H4-,26,29,30,35,37,38,39,40,41)/p+1/b31-19-/t17-,20+/m0/s1. The third-order valence-corrected chi connectivity index (χ3v) is 8.07. The Morgan fingerprint density at radius 2 is 2.11 bits per heavy atom. The molecule has 0 spiro atoms. The van der Waals surface area contributed by atoms with Crippen LogP contribution in [-0.4, -0.2) is 98.6 Å². The Morgan fingerprint density at radius 3 is 2.67 bits per heavy atom. The van der Waals surface area contributed by atoms with E-state index >= 15 is 0 Å². The predicted octanol–water partition coefficient (Wildman–Crippen LogP) is -1.49. The highest BCUT2D eigenvalue weighted by molar-refractivity contribution is 7.80. The molecule has 3 aromatic heterocycles. The van der Waals surface area contributed by atoms with Crippen molar-refractivity contribution in [1.82, 2.24) is 30.2 Å². The number of hydroxylamine groups is 2. The molecule has 0 aliphatic carbocycles. The van der Waals surface area contributed by atoms with Crippen LogP contribution in [0.2, 0.25) is 0 Å². The molecule has 0 unspecified atom stereocenters. The summed E-state index contributed by atoms with van der Waals surface area (Å²) in [4.78, 5) is 51.1. The van der Waals surface area contributed by atoms with Gasteiger partial charge in [-0.1, -0.05) is 5.16 Å². The summed E-state index contributed by atoms with van der Waals surface area (Å²) in [7, 11) is -5.01. The van der Waals surface area contributed by atoms with Crippen molar-refractivity contribution in [2.75, 3.05) is 25.4 Å². The average molecular weight is 681 g/mol. The number of amides is 2. The van der Waals surface area contributed by atoms with Gasteiger partial charge in [0.25, 0.3) is 17.9 Å². The van der Waals surface area contributed by atoms with E-state index in [4.69, 9.17) is 19.9 Å². The summed E-state index contributed by atoms with van der Waals surface area (Å²) in [6, 6.07) is 1.97. The second-order valence-electron chi connectivity index (χ2n) is 10.8. The number of hydrogen-bond donors (Lipinski definition) is 5. The lowest BCUT2D eigenvalue weighted by Gasteiger charge is -2.50. The van der Waals surface area contributed by atoms with Gasteiger partial charge in [0.2, 0.25) is 12.1 Å². The highest BCUT2D eigenvalue weighted by Crippen LogP contribution is 2.33. The van der Waals surface area contributed by atoms with Crippen molar-refractivity contribution < 1.29 is 50.9 Å². The molecule has 3 aromatic rings. The van der Waals surface area contributed by atoms with Gasteiger partial charge in [0.05, 0.1) is 18.3 Å². The van der Waals surface area contributed by atoms with Gasteiger partial charge >= 0.3 is 16.4 Å². The Morgan fingerprint density at radius 1 is 1.35 bits per heavy atom. The minimum absolute atomic E-state index is 0.0581. The zero-order valence-corrected chi connectivity index (χ0v) is 26.0. The maximum absolute atomic E-state index is 13.2. The molecule has 2 atom stereocenters. The van der Waals surface area contributed by atoms with Gasteiger partial charge in [0, 0.05) is 30.5 Å². The molecule has 2 aliphatic rings. The maximum atomic E-state index is 13.2. The number of carboxylic acids is 1. The van der Waals surface area contributed by atoms with E-state index in [1.165, 1.54) is 25.4 Å². The number of ether oxygens (including phenoxy) is 1. The molecular weight excluding hydrogens is 650 g/mol. The number of imidazole rings is 1. The first-order chi connectivity index (χ1) is 21.7. The summed E-state index contributed by atoms with van der Waals surface area (Å²) < 4.78 is 44.8. The maximum Gasteiger partial charge on any atom is 0.418 e. The van der Waals surface area contributed by atoms with Crippen LogP contribution in [0.15, 0.2) is 47.6 Å². The fourth-order valence-electron chi connectivity index (χ4n) is 4.48. The number of pyridine rings is 1. The van der Waals surface area contributed by atoms with Crippen molar-refractivity contribution in [3.63, 3.8) is 0 Å². The van der Waals surface area contributed by atoms with Gasteiger partial charge in [-0.3, -0.25) is 14.1 Å². The van der Waals surface area contributed by atoms with E-state index in [1.807, 2.05) is 23.3 Å². The molecule has 6 N–H and O–H groups in total. The number of thiazole rings is 1. The van der Waals surface area contributed by atoms with Crippen LogP contribution in [0.1, 0.15) is 19.5 Å². The SMILES string of the molecule is CC1(C)[C@H](NC(=O)/C(=N\O[C@@H](COc2ccc(-n3cc[n+](CC4CNC4)c3)nc2)C(=O)O)c2csc(N)n2)C(=O)N1OS(=O)(=O)O. The first-order valence-corrected chi connectivity index (χ1v) is 15.8. The second kappa shape index (κ2) is 13.0. The third kappa shape index (κ3) is 7.39. The number of oxime groups is 1. The highest BCUT2D eigenvalue weighted by atomic mass is 32.3. The third-order valence-electron chi connectivity index (χ3n) is 7.06. The summed E-state index contributed by atoms with van der Waals surface area (Å²) in [5, 5.41) is 20.8. The van der Waals surface area contributed by atoms with Gasteiger partial charge < -0.3 is 31.0 Å². The minimum atomic E-state index is -5.01. The Labute approximate surface area is 265 Å². The van der Waals surface area contributed by atoms with Crippen LogP contribution >= 0.6 is 11.3 Å². The molecule has 2 fully saturated rings. The van der Waals surface area contributed by atoms with Crippen molar-refractivity contribution in [3.8, 4) is 11.6 Å². The molecule has 19 nitrogen and oxygen atoms in total. The van der Waals surface area contributed by atoms with Gasteiger partial charge in [-0.2, -0.15) is 18.0 Å². The van der Waals surface area contributed by atoms with Crippen LogP contribution in [0.3, 0.4) is 0 Å². The molecule has 2 saturated heterocycles. The molecule has 2 amide bonds. The molecule has 0 aromatic carbocycles. The number of nitrogens with one attached hydrogen (secondary N) is 2. The molecule has 5 rings (SSSR count). The van der Waals surface area contributed by atoms with Gasteiger partial charge in [-0.15, -0.1) is 15.6 Å². The number of carbonyl (C=O) groups excluding carboxylic acids is 2. The van der Waals surface area contributed by atoms with Gasteiger partial charge in [0.15, 0.2) is 10.8 Å². The summed E-state index contributed by atoms with van der Waals surface area (Å²) in [6.07, 6.45) is 5.47. The number of carboxylic acid groups (broad SMARTS) is 1. The molecule has 2 aliphatic heterocycles. The van der Waals surface area contributed by atoms with E-state index in [0.717, 1.165) is 31.0 Å². The fourth-order valence-corrected chi connectivity index (χ4v) is 5.48. The number of hydrogen-bond acceptors (Lipinski definition) is 14. The summed E-state index contributed by atoms with van der Waals surface area (Å²) in [5.74, 6) is -2.03. The number of aliphatic carboxylic acids is 1. The van der Waals surface area contributed by atoms with Crippen molar-refractivity contribution in [2.24, 2.45) is 11.1 Å². The van der Waals surface area contributed by atoms with E-state index in [9.17, 15) is 27.9 Å². The number of carbonyl (C=O) groups is 3. The normalized spacial score (nSPS) is 18.8. The van der Waals surface area contributed by atoms with Crippen LogP contribution in [0.25, 0.3) is 5.82 Å². The first-order valence-electron chi connectivity index (χ1n) is 13.6. The van der Waals surface area contributed by atoms with Crippen molar-refractivity contribution in [1.29, 1.82) is 0 Å². The molecule has 0 bridgehead atoms. The van der Waals surface area contributed by atoms with Gasteiger partial charge in [-0.05, 0) is 19.9 Å². The van der Waals surface area contributed by atoms with Crippen molar-refractivity contribution in [3.05, 3.63) is 48.1 Å². The lowest BCUT2D eigenvalue weighted by Crippen LogP contribution is -2.76. The van der Waals surface area contributed by atoms with Gasteiger partial charge in [0.1, 0.15) is 36.5 Å². The van der Waals surface area contributed by atoms with E-state index in [-0.39, 0.29) is 16.6 Å². The first kappa shape index (κ1) is 32.7. The predicted molar refractivity (Wildman–Crippen MR) is 157 cm³/mol. The largest absolute Gasteiger partial charge is 0.487 e. The van der Waals surface area contributed by atoms with E-state index in [0.29, 0.717) is 16.8 Å². The Kier molecular flexibility index (Phi) is 9.21. The topological polar surface area (TPSA) is 254 Å². The van der Waals surface area contributed by atoms with Crippen molar-refractivity contribution in [2.45, 2.75) is 38.1 Å². The smallest absolute Gasteiger partial charge is 0.418 e. The number of rotatable bonds is 14. The van der Waals surface area contributed by atoms with E-state index in [1.54, 1.807) is 12.1 Å². The zero-order valence-electron chi connectivity index (χ0n) is 24.3. The number of nitrogens with two attached hydrogens (primary N) is 1. The molecule has 46 heavy (non-hydrogen) atoms. The second-order valence-corrected chi connectivity index (χ2v) is 12.7. The van der Waals surface area contributed by atoms with Gasteiger partial charge in [-0.25, -0.2) is 19.3 Å². The Balaban J connectivity index is 1.23. The lowest BCUT2D eigenvalue weighted by atomic mass is 9.84. The average Bonchev–Trinajstić information content (AvgIpc) is 3.62. The summed E-state index contributed by atoms with van der Waals surface area (Å²) >= 11 is 0.958. The molecule has 0 radical (unpaired) electrons. The Hall–Kier alpha value is -4.70. The van der Waals surface area contributed by atoms with Crippen LogP contribution in [-0.2, 0) is 40.4 Å². The van der Waals surface area contributed by atoms with Crippen LogP contribution < -0.4 is 25.7 Å². The summed E-state index contributed by atoms with van der Waals surface area (Å²) in [6.45, 7) is 5.06. The number of nitrogen functional groups attached to an aromatic ring is 1. The number of nitrogens with zero attached hydrogens (tertiary/aromatic N) is 6. The van der Waals surface area contributed by atoms with Crippen molar-refractivity contribution >= 4 is 50.4 Å². The molecule has 21 heteroatoms. The fraction of sp³-hybridized carbons (Fsp3) is 0.400. The van der Waals surface area contributed by atoms with Crippen LogP contribution in [0, 0.1) is 5.92 Å². The summed E-state index contributed by atoms with van der Waals surface area (Å²) in [5.41, 5.74) is 3.65. The number of β-lactam (4-membered cyclic amide) rings is 1. The number of anilines is 1. The lowest BCUT2D eigenvalue weighted by molar-refractivity contribution is -0.703. The number of aromatic nitrogens is 4. The monoisotopic (exact) mass is 680 g/mol. The van der Waals surface area contributed by atoms with Crippen LogP contribution in [0.5, 0.6) is 5.75 Å². The molecule has 0 saturated carbocycles. The van der Waals surface area contributed by atoms with E-state index < -0.39 is 58.2 Å². The van der Waals surface area contributed by atoms with E-state index in [2.05, 4.69) is 34.6 Å². The highest BCUT2D eigenvalue weighted by Gasteiger charge is 2.58. The Bertz CT molecular complexity index is 1750. The molecule has 5 heterocycles.